The maximum absolute atomic E-state index is 6.72. The van der Waals surface area contributed by atoms with Crippen LogP contribution in [0.5, 0.6) is 0 Å². The molecule has 0 aliphatic heterocycles. The predicted molar refractivity (Wildman–Crippen MR) is 284 cm³/mol. The van der Waals surface area contributed by atoms with E-state index in [0.717, 1.165) is 60.7 Å². The topological polar surface area (TPSA) is 51.8 Å². The minimum absolute atomic E-state index is 0.502. The van der Waals surface area contributed by atoms with Crippen LogP contribution in [0.3, 0.4) is 0 Å². The Kier molecular flexibility index (Phi) is 8.95. The first-order chi connectivity index (χ1) is 34.2. The van der Waals surface area contributed by atoms with Crippen LogP contribution in [0.2, 0.25) is 0 Å². The van der Waals surface area contributed by atoms with Gasteiger partial charge in [0.2, 0.25) is 0 Å². The fourth-order valence-corrected chi connectivity index (χ4v) is 12.2. The fourth-order valence-electron chi connectivity index (χ4n) is 11.1. The number of furan rings is 1. The normalized spacial score (nSPS) is 12.8. The first-order valence-corrected chi connectivity index (χ1v) is 24.2. The van der Waals surface area contributed by atoms with Gasteiger partial charge in [0.15, 0.2) is 17.5 Å². The minimum atomic E-state index is -0.502. The molecule has 322 valence electrons. The zero-order valence-electron chi connectivity index (χ0n) is 37.2. The van der Waals surface area contributed by atoms with E-state index in [-0.39, 0.29) is 0 Å². The van der Waals surface area contributed by atoms with Gasteiger partial charge in [-0.15, -0.1) is 11.3 Å². The third kappa shape index (κ3) is 6.11. The van der Waals surface area contributed by atoms with E-state index in [0.29, 0.717) is 17.5 Å². The molecule has 3 heterocycles. The van der Waals surface area contributed by atoms with E-state index in [2.05, 4.69) is 218 Å². The number of hydrogen-bond acceptors (Lipinski definition) is 5. The molecule has 0 radical (unpaired) electrons. The van der Waals surface area contributed by atoms with Crippen molar-refractivity contribution in [2.45, 2.75) is 5.41 Å². The highest BCUT2D eigenvalue weighted by Gasteiger charge is 2.46. The third-order valence-corrected chi connectivity index (χ3v) is 15.2. The van der Waals surface area contributed by atoms with Gasteiger partial charge in [0.1, 0.15) is 11.2 Å². The molecule has 1 aliphatic carbocycles. The summed E-state index contributed by atoms with van der Waals surface area (Å²) >= 11 is 1.79. The van der Waals surface area contributed by atoms with Gasteiger partial charge in [0.25, 0.3) is 0 Å². The Morgan fingerprint density at radius 3 is 1.70 bits per heavy atom. The molecule has 0 N–H and O–H groups in total. The average Bonchev–Trinajstić information content (AvgIpc) is 4.10. The molecule has 0 spiro atoms. The monoisotopic (exact) mass is 897 g/mol. The van der Waals surface area contributed by atoms with E-state index in [1.165, 1.54) is 53.7 Å². The summed E-state index contributed by atoms with van der Waals surface area (Å²) in [7, 11) is 0. The zero-order chi connectivity index (χ0) is 45.5. The number of thiophene rings is 1. The summed E-state index contributed by atoms with van der Waals surface area (Å²) in [6.45, 7) is 0. The largest absolute Gasteiger partial charge is 0.456 e. The summed E-state index contributed by atoms with van der Waals surface area (Å²) in [5, 5.41) is 4.31. The number of hydrogen-bond donors (Lipinski definition) is 0. The van der Waals surface area contributed by atoms with Crippen molar-refractivity contribution in [3.05, 3.63) is 259 Å². The van der Waals surface area contributed by atoms with E-state index >= 15 is 0 Å². The fraction of sp³-hybridized carbons (Fsp3) is 0.0156. The summed E-state index contributed by atoms with van der Waals surface area (Å²) in [5.74, 6) is 1.81. The van der Waals surface area contributed by atoms with Crippen molar-refractivity contribution < 1.29 is 4.42 Å². The summed E-state index contributed by atoms with van der Waals surface area (Å²) < 4.78 is 9.15. The van der Waals surface area contributed by atoms with E-state index in [4.69, 9.17) is 19.4 Å². The van der Waals surface area contributed by atoms with Crippen LogP contribution in [0.25, 0.3) is 110 Å². The average molecular weight is 898 g/mol. The number of rotatable bonds is 7. The van der Waals surface area contributed by atoms with Crippen LogP contribution in [-0.2, 0) is 5.41 Å². The van der Waals surface area contributed by atoms with Gasteiger partial charge in [0, 0.05) is 47.6 Å². The number of aromatic nitrogens is 3. The second-order valence-corrected chi connectivity index (χ2v) is 18.9. The minimum Gasteiger partial charge on any atom is -0.456 e. The van der Waals surface area contributed by atoms with Gasteiger partial charge >= 0.3 is 0 Å². The van der Waals surface area contributed by atoms with Crippen LogP contribution >= 0.6 is 11.3 Å². The molecule has 3 aromatic heterocycles. The number of fused-ring (bicyclic) bond motifs is 9. The molecule has 4 nitrogen and oxygen atoms in total. The first kappa shape index (κ1) is 39.4. The van der Waals surface area contributed by atoms with E-state index in [1.54, 1.807) is 11.3 Å². The molecule has 0 amide bonds. The summed E-state index contributed by atoms with van der Waals surface area (Å²) in [6.07, 6.45) is 0. The SMILES string of the molecule is c1ccc(-c2cccc(-c3nc(-c4cccc5oc6ccc(-c7cccc8c7-c7ccccc7C8(c7ccccc7)c7ccccc7)cc6c45)nc(-c4cccc5sc6ccccc6c45)n3)c2)cc1. The molecule has 0 unspecified atom stereocenters. The third-order valence-electron chi connectivity index (χ3n) is 14.0. The van der Waals surface area contributed by atoms with Gasteiger partial charge in [0.05, 0.1) is 5.41 Å². The van der Waals surface area contributed by atoms with Crippen LogP contribution in [-0.4, -0.2) is 15.0 Å². The lowest BCUT2D eigenvalue weighted by Crippen LogP contribution is -2.28. The molecule has 0 saturated heterocycles. The van der Waals surface area contributed by atoms with Gasteiger partial charge in [-0.1, -0.05) is 200 Å². The second-order valence-electron chi connectivity index (χ2n) is 17.8. The molecule has 0 atom stereocenters. The number of benzene rings is 10. The van der Waals surface area contributed by atoms with Crippen molar-refractivity contribution >= 4 is 53.4 Å². The maximum atomic E-state index is 6.72. The Morgan fingerprint density at radius 2 is 0.899 bits per heavy atom. The molecule has 1 aliphatic rings. The molecule has 14 rings (SSSR count). The van der Waals surface area contributed by atoms with Gasteiger partial charge in [-0.2, -0.15) is 0 Å². The van der Waals surface area contributed by atoms with Crippen LogP contribution in [0.15, 0.2) is 241 Å². The quantitative estimate of drug-likeness (QED) is 0.160. The Labute approximate surface area is 402 Å². The smallest absolute Gasteiger partial charge is 0.164 e. The van der Waals surface area contributed by atoms with Crippen molar-refractivity contribution in [2.75, 3.05) is 0 Å². The molecule has 0 fully saturated rings. The van der Waals surface area contributed by atoms with Gasteiger partial charge < -0.3 is 4.42 Å². The van der Waals surface area contributed by atoms with E-state index in [9.17, 15) is 0 Å². The van der Waals surface area contributed by atoms with Gasteiger partial charge in [-0.05, 0) is 92.0 Å². The Hall–Kier alpha value is -8.77. The molecule has 0 bridgehead atoms. The Bertz CT molecular complexity index is 4100. The van der Waals surface area contributed by atoms with E-state index in [1.807, 2.05) is 18.2 Å². The van der Waals surface area contributed by atoms with Crippen LogP contribution in [0, 0.1) is 0 Å². The van der Waals surface area contributed by atoms with Crippen molar-refractivity contribution in [2.24, 2.45) is 0 Å². The van der Waals surface area contributed by atoms with Gasteiger partial charge in [-0.3, -0.25) is 0 Å². The lowest BCUT2D eigenvalue weighted by molar-refractivity contribution is 0.669. The molecule has 13 aromatic rings. The maximum Gasteiger partial charge on any atom is 0.164 e. The van der Waals surface area contributed by atoms with E-state index < -0.39 is 5.41 Å². The second kappa shape index (κ2) is 15.7. The highest BCUT2D eigenvalue weighted by Crippen LogP contribution is 2.58. The zero-order valence-corrected chi connectivity index (χ0v) is 38.0. The molecule has 10 aromatic carbocycles. The standard InChI is InChI=1S/C64H39N3OS/c1-4-18-40(19-5-1)41-20-14-21-43(38-41)61-65-62(67-63(66-61)50-30-17-35-57-60(50)48-27-11-13-34-56(48)69-57)49-29-16-33-55-59(49)51-39-42(36-37-54(51)68-55)46-28-15-32-53-58(46)47-26-10-12-31-52(47)64(53,44-22-6-2-7-23-44)45-24-8-3-9-25-45/h1-39H. The van der Waals surface area contributed by atoms with Crippen molar-refractivity contribution in [1.82, 2.24) is 15.0 Å². The summed E-state index contributed by atoms with van der Waals surface area (Å²) in [4.78, 5) is 16.1. The van der Waals surface area contributed by atoms with Crippen LogP contribution < -0.4 is 0 Å². The lowest BCUT2D eigenvalue weighted by atomic mass is 9.67. The van der Waals surface area contributed by atoms with Gasteiger partial charge in [-0.25, -0.2) is 15.0 Å². The molecule has 69 heavy (non-hydrogen) atoms. The Morgan fingerprint density at radius 1 is 0.333 bits per heavy atom. The van der Waals surface area contributed by atoms with Crippen molar-refractivity contribution in [3.63, 3.8) is 0 Å². The highest BCUT2D eigenvalue weighted by molar-refractivity contribution is 7.25. The molecular formula is C64H39N3OS. The van der Waals surface area contributed by atoms with Crippen molar-refractivity contribution in [1.29, 1.82) is 0 Å². The molecule has 0 saturated carbocycles. The molecule has 5 heteroatoms. The summed E-state index contributed by atoms with van der Waals surface area (Å²) in [5.41, 5.74) is 15.9. The van der Waals surface area contributed by atoms with Crippen LogP contribution in [0.4, 0.5) is 0 Å². The highest BCUT2D eigenvalue weighted by atomic mass is 32.1. The number of nitrogens with zero attached hydrogens (tertiary/aromatic N) is 3. The summed E-state index contributed by atoms with van der Waals surface area (Å²) in [6, 6.07) is 84.6. The predicted octanol–water partition coefficient (Wildman–Crippen LogP) is 16.8. The molecular weight excluding hydrogens is 859 g/mol. The van der Waals surface area contributed by atoms with Crippen molar-refractivity contribution in [3.8, 4) is 67.5 Å². The van der Waals surface area contributed by atoms with Crippen LogP contribution in [0.1, 0.15) is 22.3 Å². The first-order valence-electron chi connectivity index (χ1n) is 23.3. The Balaban J connectivity index is 0.992. The lowest BCUT2D eigenvalue weighted by Gasteiger charge is -2.34.